The third-order valence-corrected chi connectivity index (χ3v) is 4.83. The molecule has 0 aromatic heterocycles. The van der Waals surface area contributed by atoms with E-state index in [2.05, 4.69) is 29.4 Å². The molecule has 1 saturated heterocycles. The summed E-state index contributed by atoms with van der Waals surface area (Å²) in [7, 11) is 4.02. The first-order chi connectivity index (χ1) is 12.4. The van der Waals surface area contributed by atoms with E-state index in [9.17, 15) is 9.59 Å². The van der Waals surface area contributed by atoms with Gasteiger partial charge in [0.1, 0.15) is 0 Å². The van der Waals surface area contributed by atoms with Gasteiger partial charge in [0.2, 0.25) is 5.91 Å². The zero-order valence-electron chi connectivity index (χ0n) is 16.4. The molecule has 2 rings (SSSR count). The highest BCUT2D eigenvalue weighted by Gasteiger charge is 2.30. The van der Waals surface area contributed by atoms with Crippen molar-refractivity contribution < 1.29 is 9.59 Å². The van der Waals surface area contributed by atoms with E-state index in [-0.39, 0.29) is 18.0 Å². The van der Waals surface area contributed by atoms with E-state index in [0.29, 0.717) is 18.9 Å². The number of para-hydroxylation sites is 1. The number of likely N-dealkylation sites (tertiary alicyclic amines) is 1. The number of urea groups is 1. The first-order valence-corrected chi connectivity index (χ1v) is 9.46. The molecule has 1 aromatic rings. The monoisotopic (exact) mass is 360 g/mol. The average Bonchev–Trinajstić information content (AvgIpc) is 2.93. The minimum absolute atomic E-state index is 0.192. The Morgan fingerprint density at radius 3 is 2.73 bits per heavy atom. The van der Waals surface area contributed by atoms with Crippen molar-refractivity contribution >= 4 is 17.6 Å². The molecule has 1 fully saturated rings. The van der Waals surface area contributed by atoms with Crippen molar-refractivity contribution in [1.29, 1.82) is 0 Å². The maximum atomic E-state index is 12.2. The number of nitrogens with one attached hydrogen (secondary N) is 2. The Kier molecular flexibility index (Phi) is 7.45. The Balaban J connectivity index is 1.80. The van der Waals surface area contributed by atoms with Crippen LogP contribution in [0.4, 0.5) is 10.5 Å². The van der Waals surface area contributed by atoms with E-state index in [1.54, 1.807) is 0 Å². The molecule has 3 amide bonds. The minimum Gasteiger partial charge on any atom is -0.338 e. The van der Waals surface area contributed by atoms with Crippen molar-refractivity contribution in [2.45, 2.75) is 45.1 Å². The van der Waals surface area contributed by atoms with E-state index in [1.165, 1.54) is 0 Å². The summed E-state index contributed by atoms with van der Waals surface area (Å²) in [4.78, 5) is 28.3. The summed E-state index contributed by atoms with van der Waals surface area (Å²) in [5, 5.41) is 5.87. The van der Waals surface area contributed by atoms with Crippen LogP contribution in [0, 0.1) is 0 Å². The summed E-state index contributed by atoms with van der Waals surface area (Å²) in [5.41, 5.74) is 1.97. The molecule has 1 aliphatic rings. The van der Waals surface area contributed by atoms with Crippen molar-refractivity contribution in [2.75, 3.05) is 39.0 Å². The van der Waals surface area contributed by atoms with Gasteiger partial charge in [-0.15, -0.1) is 0 Å². The minimum atomic E-state index is -0.192. The predicted octanol–water partition coefficient (Wildman–Crippen LogP) is 2.87. The summed E-state index contributed by atoms with van der Waals surface area (Å²) in [6.07, 6.45) is 2.29. The molecule has 0 bridgehead atoms. The summed E-state index contributed by atoms with van der Waals surface area (Å²) < 4.78 is 0. The molecule has 1 atom stereocenters. The average molecular weight is 361 g/mol. The molecule has 1 heterocycles. The number of anilines is 1. The van der Waals surface area contributed by atoms with Crippen LogP contribution in [-0.4, -0.2) is 61.5 Å². The second-order valence-electron chi connectivity index (χ2n) is 7.49. The van der Waals surface area contributed by atoms with Crippen LogP contribution in [0.15, 0.2) is 24.3 Å². The summed E-state index contributed by atoms with van der Waals surface area (Å²) in [6, 6.07) is 7.90. The highest BCUT2D eigenvalue weighted by Crippen LogP contribution is 2.23. The number of hydrogen-bond donors (Lipinski definition) is 2. The molecule has 6 nitrogen and oxygen atoms in total. The van der Waals surface area contributed by atoms with Crippen molar-refractivity contribution in [3.63, 3.8) is 0 Å². The van der Waals surface area contributed by atoms with Gasteiger partial charge in [0.05, 0.1) is 0 Å². The molecule has 0 unspecified atom stereocenters. The molecular formula is C20H32N4O2. The van der Waals surface area contributed by atoms with Gasteiger partial charge >= 0.3 is 6.03 Å². The molecular weight excluding hydrogens is 328 g/mol. The van der Waals surface area contributed by atoms with Gasteiger partial charge in [-0.1, -0.05) is 32.0 Å². The maximum absolute atomic E-state index is 12.2. The van der Waals surface area contributed by atoms with Crippen molar-refractivity contribution in [3.8, 4) is 0 Å². The van der Waals surface area contributed by atoms with Gasteiger partial charge in [0.25, 0.3) is 0 Å². The number of likely N-dealkylation sites (N-methyl/N-ethyl adjacent to an activating group) is 1. The van der Waals surface area contributed by atoms with E-state index in [0.717, 1.165) is 37.2 Å². The number of carbonyl (C=O) groups excluding carboxylic acids is 2. The number of benzene rings is 1. The highest BCUT2D eigenvalue weighted by atomic mass is 16.2. The molecule has 1 aromatic carbocycles. The van der Waals surface area contributed by atoms with Crippen LogP contribution in [-0.2, 0) is 4.79 Å². The van der Waals surface area contributed by atoms with Crippen molar-refractivity contribution in [3.05, 3.63) is 29.8 Å². The second kappa shape index (κ2) is 9.57. The Bertz CT molecular complexity index is 616. The van der Waals surface area contributed by atoms with Gasteiger partial charge in [-0.25, -0.2) is 4.79 Å². The molecule has 0 saturated carbocycles. The van der Waals surface area contributed by atoms with Gasteiger partial charge in [0.15, 0.2) is 0 Å². The summed E-state index contributed by atoms with van der Waals surface area (Å²) >= 11 is 0. The van der Waals surface area contributed by atoms with E-state index >= 15 is 0 Å². The third kappa shape index (κ3) is 5.73. The SMILES string of the molecule is CC(C)c1ccccc1NC(=O)NCC[C@H]1CCC(=O)N1CCN(C)C. The van der Waals surface area contributed by atoms with Crippen LogP contribution < -0.4 is 10.6 Å². The topological polar surface area (TPSA) is 64.7 Å². The molecule has 144 valence electrons. The lowest BCUT2D eigenvalue weighted by atomic mass is 10.0. The fourth-order valence-corrected chi connectivity index (χ4v) is 3.34. The van der Waals surface area contributed by atoms with E-state index in [4.69, 9.17) is 0 Å². The number of hydrogen-bond acceptors (Lipinski definition) is 3. The number of nitrogens with zero attached hydrogens (tertiary/aromatic N) is 2. The lowest BCUT2D eigenvalue weighted by Gasteiger charge is -2.26. The summed E-state index contributed by atoms with van der Waals surface area (Å²) in [5.74, 6) is 0.577. The van der Waals surface area contributed by atoms with E-state index in [1.807, 2.05) is 43.3 Å². The van der Waals surface area contributed by atoms with Crippen LogP contribution in [0.1, 0.15) is 44.6 Å². The number of amides is 3. The zero-order chi connectivity index (χ0) is 19.1. The van der Waals surface area contributed by atoms with Gasteiger partial charge in [0, 0.05) is 37.8 Å². The lowest BCUT2D eigenvalue weighted by molar-refractivity contribution is -0.129. The normalized spacial score (nSPS) is 17.2. The fraction of sp³-hybridized carbons (Fsp3) is 0.600. The number of rotatable bonds is 8. The van der Waals surface area contributed by atoms with Crippen LogP contribution in [0.3, 0.4) is 0 Å². The van der Waals surface area contributed by atoms with Crippen LogP contribution >= 0.6 is 0 Å². The van der Waals surface area contributed by atoms with Gasteiger partial charge in [-0.3, -0.25) is 4.79 Å². The molecule has 0 aliphatic carbocycles. The first kappa shape index (κ1) is 20.2. The van der Waals surface area contributed by atoms with E-state index < -0.39 is 0 Å². The second-order valence-corrected chi connectivity index (χ2v) is 7.49. The Hall–Kier alpha value is -2.08. The summed E-state index contributed by atoms with van der Waals surface area (Å²) in [6.45, 7) is 6.40. The Morgan fingerprint density at radius 1 is 1.31 bits per heavy atom. The van der Waals surface area contributed by atoms with Gasteiger partial charge in [-0.05, 0) is 44.5 Å². The molecule has 26 heavy (non-hydrogen) atoms. The third-order valence-electron chi connectivity index (χ3n) is 4.83. The van der Waals surface area contributed by atoms with Gasteiger partial charge < -0.3 is 20.4 Å². The molecule has 0 radical (unpaired) electrons. The standard InChI is InChI=1S/C20H32N4O2/c1-15(2)17-7-5-6-8-18(17)22-20(26)21-12-11-16-9-10-19(25)24(16)14-13-23(3)4/h5-8,15-16H,9-14H2,1-4H3,(H2,21,22,26)/t16-/m1/s1. The predicted molar refractivity (Wildman–Crippen MR) is 105 cm³/mol. The fourth-order valence-electron chi connectivity index (χ4n) is 3.34. The maximum Gasteiger partial charge on any atom is 0.319 e. The zero-order valence-corrected chi connectivity index (χ0v) is 16.4. The largest absolute Gasteiger partial charge is 0.338 e. The molecule has 6 heteroatoms. The van der Waals surface area contributed by atoms with Crippen LogP contribution in [0.5, 0.6) is 0 Å². The lowest BCUT2D eigenvalue weighted by Crippen LogP contribution is -2.40. The van der Waals surface area contributed by atoms with Crippen molar-refractivity contribution in [2.24, 2.45) is 0 Å². The molecule has 0 spiro atoms. The first-order valence-electron chi connectivity index (χ1n) is 9.46. The molecule has 1 aliphatic heterocycles. The van der Waals surface area contributed by atoms with Crippen LogP contribution in [0.2, 0.25) is 0 Å². The van der Waals surface area contributed by atoms with Crippen LogP contribution in [0.25, 0.3) is 0 Å². The Labute approximate surface area is 156 Å². The Morgan fingerprint density at radius 2 is 2.04 bits per heavy atom. The smallest absolute Gasteiger partial charge is 0.319 e. The highest BCUT2D eigenvalue weighted by molar-refractivity contribution is 5.90. The quantitative estimate of drug-likeness (QED) is 0.749. The van der Waals surface area contributed by atoms with Crippen molar-refractivity contribution in [1.82, 2.24) is 15.1 Å². The molecule has 2 N–H and O–H groups in total. The number of carbonyl (C=O) groups is 2. The van der Waals surface area contributed by atoms with Gasteiger partial charge in [-0.2, -0.15) is 0 Å².